The molecular formula is C11H23FO. The van der Waals surface area contributed by atoms with Crippen molar-refractivity contribution in [2.24, 2.45) is 17.8 Å². The third kappa shape index (κ3) is 4.41. The molecule has 0 heterocycles. The molecule has 2 heteroatoms. The van der Waals surface area contributed by atoms with E-state index >= 15 is 0 Å². The normalized spacial score (nSPS) is 38.2. The van der Waals surface area contributed by atoms with Crippen molar-refractivity contribution >= 4 is 0 Å². The van der Waals surface area contributed by atoms with Crippen molar-refractivity contribution in [3.8, 4) is 0 Å². The summed E-state index contributed by atoms with van der Waals surface area (Å²) in [5.41, 5.74) is 0. The highest BCUT2D eigenvalue weighted by molar-refractivity contribution is 4.79. The van der Waals surface area contributed by atoms with Crippen molar-refractivity contribution in [1.82, 2.24) is 0 Å². The number of rotatable bonds is 0. The first-order chi connectivity index (χ1) is 5.61. The van der Waals surface area contributed by atoms with Gasteiger partial charge in [-0.1, -0.05) is 20.8 Å². The van der Waals surface area contributed by atoms with Crippen LogP contribution in [0.2, 0.25) is 0 Å². The SMILES string of the molecule is C=C.CC1CC(C)C(C)C(F)C1.O. The summed E-state index contributed by atoms with van der Waals surface area (Å²) < 4.78 is 13.1. The summed E-state index contributed by atoms with van der Waals surface area (Å²) in [5.74, 6) is 1.47. The van der Waals surface area contributed by atoms with Crippen LogP contribution in [0.4, 0.5) is 4.39 Å². The van der Waals surface area contributed by atoms with Gasteiger partial charge in [0.15, 0.2) is 0 Å². The summed E-state index contributed by atoms with van der Waals surface area (Å²) in [6.07, 6.45) is 1.45. The Balaban J connectivity index is 0. The van der Waals surface area contributed by atoms with Crippen LogP contribution in [-0.4, -0.2) is 11.6 Å². The van der Waals surface area contributed by atoms with Crippen molar-refractivity contribution in [3.63, 3.8) is 0 Å². The van der Waals surface area contributed by atoms with Gasteiger partial charge in [-0.25, -0.2) is 4.39 Å². The van der Waals surface area contributed by atoms with E-state index in [0.29, 0.717) is 11.8 Å². The van der Waals surface area contributed by atoms with E-state index in [1.54, 1.807) is 0 Å². The summed E-state index contributed by atoms with van der Waals surface area (Å²) in [5, 5.41) is 0. The molecule has 0 aromatic heterocycles. The molecule has 1 nitrogen and oxygen atoms in total. The first kappa shape index (κ1) is 15.1. The van der Waals surface area contributed by atoms with Crippen molar-refractivity contribution in [2.75, 3.05) is 0 Å². The lowest BCUT2D eigenvalue weighted by Gasteiger charge is -2.32. The van der Waals surface area contributed by atoms with Crippen LogP contribution in [-0.2, 0) is 0 Å². The summed E-state index contributed by atoms with van der Waals surface area (Å²) in [6.45, 7) is 12.3. The van der Waals surface area contributed by atoms with Gasteiger partial charge < -0.3 is 5.48 Å². The molecule has 1 fully saturated rings. The zero-order chi connectivity index (χ0) is 9.72. The molecule has 0 saturated heterocycles. The highest BCUT2D eigenvalue weighted by atomic mass is 19.1. The Morgan fingerprint density at radius 3 is 1.92 bits per heavy atom. The third-order valence-electron chi connectivity index (χ3n) is 2.87. The molecule has 4 unspecified atom stereocenters. The predicted octanol–water partition coefficient (Wildman–Crippen LogP) is 3.00. The van der Waals surface area contributed by atoms with Crippen molar-refractivity contribution in [1.29, 1.82) is 0 Å². The maximum atomic E-state index is 13.1. The minimum atomic E-state index is -0.543. The van der Waals surface area contributed by atoms with Gasteiger partial charge >= 0.3 is 0 Å². The van der Waals surface area contributed by atoms with E-state index in [1.165, 1.54) is 6.42 Å². The summed E-state index contributed by atoms with van der Waals surface area (Å²) >= 11 is 0. The molecule has 0 aromatic carbocycles. The fourth-order valence-corrected chi connectivity index (χ4v) is 1.90. The lowest BCUT2D eigenvalue weighted by Crippen LogP contribution is -2.29. The van der Waals surface area contributed by atoms with Gasteiger partial charge in [0, 0.05) is 0 Å². The molecule has 0 bridgehead atoms. The van der Waals surface area contributed by atoms with Gasteiger partial charge in [0.1, 0.15) is 6.17 Å². The van der Waals surface area contributed by atoms with Crippen LogP contribution in [0, 0.1) is 17.8 Å². The Labute approximate surface area is 81.3 Å². The molecular weight excluding hydrogens is 167 g/mol. The second-order valence-corrected chi connectivity index (χ2v) is 3.93. The number of alkyl halides is 1. The Morgan fingerprint density at radius 1 is 1.08 bits per heavy atom. The van der Waals surface area contributed by atoms with E-state index in [9.17, 15) is 4.39 Å². The minimum absolute atomic E-state index is 0. The van der Waals surface area contributed by atoms with Crippen LogP contribution in [0.5, 0.6) is 0 Å². The lowest BCUT2D eigenvalue weighted by atomic mass is 9.75. The molecule has 0 spiro atoms. The smallest absolute Gasteiger partial charge is 0.103 e. The number of halogens is 1. The van der Waals surface area contributed by atoms with Crippen molar-refractivity contribution in [3.05, 3.63) is 13.2 Å². The molecule has 1 aliphatic carbocycles. The summed E-state index contributed by atoms with van der Waals surface area (Å²) in [6, 6.07) is 0. The Morgan fingerprint density at radius 2 is 1.54 bits per heavy atom. The number of hydrogen-bond acceptors (Lipinski definition) is 0. The Kier molecular flexibility index (Phi) is 8.23. The summed E-state index contributed by atoms with van der Waals surface area (Å²) in [7, 11) is 0. The van der Waals surface area contributed by atoms with Crippen LogP contribution in [0.3, 0.4) is 0 Å². The van der Waals surface area contributed by atoms with Crippen LogP contribution in [0.1, 0.15) is 33.6 Å². The highest BCUT2D eigenvalue weighted by Crippen LogP contribution is 2.34. The van der Waals surface area contributed by atoms with E-state index in [-0.39, 0.29) is 11.4 Å². The summed E-state index contributed by atoms with van der Waals surface area (Å²) in [4.78, 5) is 0. The van der Waals surface area contributed by atoms with Gasteiger partial charge in [0.25, 0.3) is 0 Å². The molecule has 1 aliphatic rings. The molecule has 80 valence electrons. The fourth-order valence-electron chi connectivity index (χ4n) is 1.90. The molecule has 2 N–H and O–H groups in total. The molecule has 0 radical (unpaired) electrons. The van der Waals surface area contributed by atoms with Gasteiger partial charge in [-0.2, -0.15) is 0 Å². The first-order valence-electron chi connectivity index (χ1n) is 4.75. The van der Waals surface area contributed by atoms with Crippen LogP contribution in [0.15, 0.2) is 13.2 Å². The van der Waals surface area contributed by atoms with Gasteiger partial charge in [-0.3, -0.25) is 0 Å². The third-order valence-corrected chi connectivity index (χ3v) is 2.87. The van der Waals surface area contributed by atoms with Gasteiger partial charge in [0.2, 0.25) is 0 Å². The van der Waals surface area contributed by atoms with E-state index in [4.69, 9.17) is 0 Å². The second-order valence-electron chi connectivity index (χ2n) is 3.93. The van der Waals surface area contributed by atoms with Gasteiger partial charge in [-0.15, -0.1) is 13.2 Å². The van der Waals surface area contributed by atoms with E-state index in [0.717, 1.165) is 6.42 Å². The van der Waals surface area contributed by atoms with E-state index < -0.39 is 6.17 Å². The molecule has 0 aliphatic heterocycles. The Hall–Kier alpha value is -0.370. The minimum Gasteiger partial charge on any atom is -0.412 e. The van der Waals surface area contributed by atoms with Gasteiger partial charge in [0.05, 0.1) is 0 Å². The average molecular weight is 190 g/mol. The maximum absolute atomic E-state index is 13.1. The second kappa shape index (κ2) is 7.07. The standard InChI is InChI=1S/C9H17F.C2H4.H2O/c1-6-4-7(2)8(3)9(10)5-6;1-2;/h6-9H,4-5H2,1-3H3;1-2H2;1H2. The van der Waals surface area contributed by atoms with Crippen LogP contribution >= 0.6 is 0 Å². The van der Waals surface area contributed by atoms with Crippen LogP contribution in [0.25, 0.3) is 0 Å². The Bertz CT molecular complexity index is 115. The molecule has 1 saturated carbocycles. The van der Waals surface area contributed by atoms with Crippen LogP contribution < -0.4 is 0 Å². The predicted molar refractivity (Wildman–Crippen MR) is 56.5 cm³/mol. The highest BCUT2D eigenvalue weighted by Gasteiger charge is 2.30. The van der Waals surface area contributed by atoms with E-state index in [2.05, 4.69) is 27.0 Å². The molecule has 0 amide bonds. The zero-order valence-electron chi connectivity index (χ0n) is 9.02. The average Bonchev–Trinajstić information content (AvgIpc) is 2.04. The molecule has 1 rings (SSSR count). The number of hydrogen-bond donors (Lipinski definition) is 0. The zero-order valence-corrected chi connectivity index (χ0v) is 9.02. The monoisotopic (exact) mass is 190 g/mol. The molecule has 0 aromatic rings. The lowest BCUT2D eigenvalue weighted by molar-refractivity contribution is 0.0966. The van der Waals surface area contributed by atoms with E-state index in [1.807, 2.05) is 6.92 Å². The topological polar surface area (TPSA) is 31.5 Å². The first-order valence-corrected chi connectivity index (χ1v) is 4.75. The van der Waals surface area contributed by atoms with Gasteiger partial charge in [-0.05, 0) is 30.6 Å². The molecule has 4 atom stereocenters. The molecule has 13 heavy (non-hydrogen) atoms. The largest absolute Gasteiger partial charge is 0.412 e. The maximum Gasteiger partial charge on any atom is 0.103 e. The quantitative estimate of drug-likeness (QED) is 0.526. The van der Waals surface area contributed by atoms with Crippen molar-refractivity contribution < 1.29 is 9.87 Å². The van der Waals surface area contributed by atoms with Crippen molar-refractivity contribution in [2.45, 2.75) is 39.8 Å². The fraction of sp³-hybridized carbons (Fsp3) is 0.818.